The molecule has 0 saturated heterocycles. The van der Waals surface area contributed by atoms with Crippen molar-refractivity contribution in [2.75, 3.05) is 25.2 Å². The molecule has 0 aliphatic carbocycles. The predicted molar refractivity (Wildman–Crippen MR) is 78.1 cm³/mol. The third-order valence-electron chi connectivity index (χ3n) is 3.06. The van der Waals surface area contributed by atoms with Crippen molar-refractivity contribution in [1.29, 1.82) is 0 Å². The first-order chi connectivity index (χ1) is 8.97. The van der Waals surface area contributed by atoms with E-state index in [9.17, 15) is 4.39 Å². The molecule has 0 saturated carbocycles. The minimum Gasteiger partial charge on any atom is -0.383 e. The van der Waals surface area contributed by atoms with Crippen molar-refractivity contribution in [3.05, 3.63) is 29.6 Å². The Balaban J connectivity index is 3.12. The SMILES string of the molecule is COCCN(c1c(F)cccc1CC(C)N)C(C)C. The largest absolute Gasteiger partial charge is 0.383 e. The van der Waals surface area contributed by atoms with Gasteiger partial charge in [-0.3, -0.25) is 0 Å². The standard InChI is InChI=1S/C15H25FN2O/c1-11(2)18(8-9-19-4)15-13(10-12(3)17)6-5-7-14(15)16/h5-7,11-12H,8-10,17H2,1-4H3. The first-order valence-corrected chi connectivity index (χ1v) is 6.76. The molecule has 0 amide bonds. The zero-order valence-corrected chi connectivity index (χ0v) is 12.3. The van der Waals surface area contributed by atoms with E-state index >= 15 is 0 Å². The van der Waals surface area contributed by atoms with E-state index in [1.165, 1.54) is 6.07 Å². The number of hydrogen-bond donors (Lipinski definition) is 1. The Kier molecular flexibility index (Phi) is 6.25. The van der Waals surface area contributed by atoms with Crippen LogP contribution in [0.25, 0.3) is 0 Å². The van der Waals surface area contributed by atoms with Crippen LogP contribution in [0.3, 0.4) is 0 Å². The molecule has 3 nitrogen and oxygen atoms in total. The molecule has 1 rings (SSSR count). The highest BCUT2D eigenvalue weighted by molar-refractivity contribution is 5.56. The quantitative estimate of drug-likeness (QED) is 0.826. The van der Waals surface area contributed by atoms with E-state index in [0.717, 1.165) is 5.56 Å². The zero-order chi connectivity index (χ0) is 14.4. The van der Waals surface area contributed by atoms with Gasteiger partial charge in [0.1, 0.15) is 5.82 Å². The van der Waals surface area contributed by atoms with E-state index in [0.29, 0.717) is 25.3 Å². The van der Waals surface area contributed by atoms with Crippen LogP contribution in [-0.4, -0.2) is 32.3 Å². The molecule has 0 aromatic heterocycles. The van der Waals surface area contributed by atoms with Gasteiger partial charge in [0.05, 0.1) is 12.3 Å². The summed E-state index contributed by atoms with van der Waals surface area (Å²) in [5.41, 5.74) is 7.47. The Morgan fingerprint density at radius 3 is 2.53 bits per heavy atom. The van der Waals surface area contributed by atoms with Gasteiger partial charge in [0.25, 0.3) is 0 Å². The number of para-hydroxylation sites is 1. The van der Waals surface area contributed by atoms with Crippen LogP contribution in [0.4, 0.5) is 10.1 Å². The second-order valence-electron chi connectivity index (χ2n) is 5.21. The van der Waals surface area contributed by atoms with E-state index in [4.69, 9.17) is 10.5 Å². The smallest absolute Gasteiger partial charge is 0.146 e. The molecular weight excluding hydrogens is 243 g/mol. The maximum Gasteiger partial charge on any atom is 0.146 e. The van der Waals surface area contributed by atoms with Gasteiger partial charge in [-0.25, -0.2) is 4.39 Å². The van der Waals surface area contributed by atoms with Gasteiger partial charge in [0, 0.05) is 25.7 Å². The van der Waals surface area contributed by atoms with Crippen LogP contribution in [0.5, 0.6) is 0 Å². The number of anilines is 1. The lowest BCUT2D eigenvalue weighted by atomic mass is 10.0. The fourth-order valence-electron chi connectivity index (χ4n) is 2.21. The first kappa shape index (κ1) is 15.9. The van der Waals surface area contributed by atoms with E-state index in [1.807, 2.05) is 17.9 Å². The average molecular weight is 268 g/mol. The van der Waals surface area contributed by atoms with Crippen molar-refractivity contribution >= 4 is 5.69 Å². The minimum atomic E-state index is -0.192. The van der Waals surface area contributed by atoms with Gasteiger partial charge in [0.2, 0.25) is 0 Å². The summed E-state index contributed by atoms with van der Waals surface area (Å²) >= 11 is 0. The lowest BCUT2D eigenvalue weighted by Gasteiger charge is -2.31. The molecule has 4 heteroatoms. The molecule has 2 N–H and O–H groups in total. The lowest BCUT2D eigenvalue weighted by molar-refractivity contribution is 0.203. The van der Waals surface area contributed by atoms with E-state index in [-0.39, 0.29) is 17.9 Å². The molecule has 0 aliphatic rings. The molecule has 1 atom stereocenters. The van der Waals surface area contributed by atoms with E-state index in [1.54, 1.807) is 13.2 Å². The van der Waals surface area contributed by atoms with Crippen molar-refractivity contribution < 1.29 is 9.13 Å². The van der Waals surface area contributed by atoms with Crippen molar-refractivity contribution in [3.8, 4) is 0 Å². The highest BCUT2D eigenvalue weighted by Crippen LogP contribution is 2.27. The monoisotopic (exact) mass is 268 g/mol. The zero-order valence-electron chi connectivity index (χ0n) is 12.3. The molecule has 0 fully saturated rings. The van der Waals surface area contributed by atoms with E-state index < -0.39 is 0 Å². The Hall–Kier alpha value is -1.13. The topological polar surface area (TPSA) is 38.5 Å². The van der Waals surface area contributed by atoms with Gasteiger partial charge in [-0.2, -0.15) is 0 Å². The molecule has 1 aromatic carbocycles. The molecule has 108 valence electrons. The summed E-state index contributed by atoms with van der Waals surface area (Å²) < 4.78 is 19.3. The summed E-state index contributed by atoms with van der Waals surface area (Å²) in [4.78, 5) is 2.04. The fourth-order valence-corrected chi connectivity index (χ4v) is 2.21. The van der Waals surface area contributed by atoms with Crippen molar-refractivity contribution in [2.45, 2.75) is 39.3 Å². The minimum absolute atomic E-state index is 0.0111. The van der Waals surface area contributed by atoms with Crippen LogP contribution in [0.2, 0.25) is 0 Å². The second kappa shape index (κ2) is 7.46. The number of nitrogens with zero attached hydrogens (tertiary/aromatic N) is 1. The van der Waals surface area contributed by atoms with Gasteiger partial charge >= 0.3 is 0 Å². The van der Waals surface area contributed by atoms with Crippen molar-refractivity contribution in [3.63, 3.8) is 0 Å². The number of rotatable bonds is 7. The van der Waals surface area contributed by atoms with Gasteiger partial charge in [-0.05, 0) is 38.8 Å². The Labute approximate surface area is 115 Å². The molecule has 0 radical (unpaired) electrons. The van der Waals surface area contributed by atoms with Crippen molar-refractivity contribution in [1.82, 2.24) is 0 Å². The number of ether oxygens (including phenoxy) is 1. The summed E-state index contributed by atoms with van der Waals surface area (Å²) in [6.07, 6.45) is 0.670. The van der Waals surface area contributed by atoms with Crippen LogP contribution in [0, 0.1) is 5.82 Å². The van der Waals surface area contributed by atoms with Crippen molar-refractivity contribution in [2.24, 2.45) is 5.73 Å². The summed E-state index contributed by atoms with van der Waals surface area (Å²) in [6, 6.07) is 5.41. The van der Waals surface area contributed by atoms with Crippen LogP contribution in [-0.2, 0) is 11.2 Å². The van der Waals surface area contributed by atoms with Gasteiger partial charge in [-0.15, -0.1) is 0 Å². The average Bonchev–Trinajstić information content (AvgIpc) is 2.31. The normalized spacial score (nSPS) is 12.8. The lowest BCUT2D eigenvalue weighted by Crippen LogP contribution is -2.35. The first-order valence-electron chi connectivity index (χ1n) is 6.76. The third-order valence-corrected chi connectivity index (χ3v) is 3.06. The Morgan fingerprint density at radius 2 is 2.00 bits per heavy atom. The number of halogens is 1. The van der Waals surface area contributed by atoms with Crippen LogP contribution < -0.4 is 10.6 Å². The number of methoxy groups -OCH3 is 1. The van der Waals surface area contributed by atoms with Gasteiger partial charge in [0.15, 0.2) is 0 Å². The number of nitrogens with two attached hydrogens (primary N) is 1. The highest BCUT2D eigenvalue weighted by Gasteiger charge is 2.19. The molecular formula is C15H25FN2O. The molecule has 1 aromatic rings. The van der Waals surface area contributed by atoms with Gasteiger partial charge in [-0.1, -0.05) is 12.1 Å². The van der Waals surface area contributed by atoms with Crippen LogP contribution >= 0.6 is 0 Å². The summed E-state index contributed by atoms with van der Waals surface area (Å²) in [5.74, 6) is -0.192. The maximum absolute atomic E-state index is 14.2. The summed E-state index contributed by atoms with van der Waals surface area (Å²) in [6.45, 7) is 7.28. The highest BCUT2D eigenvalue weighted by atomic mass is 19.1. The third kappa shape index (κ3) is 4.48. The molecule has 0 aliphatic heterocycles. The Morgan fingerprint density at radius 1 is 1.32 bits per heavy atom. The number of benzene rings is 1. The predicted octanol–water partition coefficient (Wildman–Crippen LogP) is 2.58. The van der Waals surface area contributed by atoms with Crippen LogP contribution in [0.1, 0.15) is 26.3 Å². The number of hydrogen-bond acceptors (Lipinski definition) is 3. The van der Waals surface area contributed by atoms with Crippen LogP contribution in [0.15, 0.2) is 18.2 Å². The molecule has 19 heavy (non-hydrogen) atoms. The Bertz CT molecular complexity index is 394. The van der Waals surface area contributed by atoms with E-state index in [2.05, 4.69) is 13.8 Å². The molecule has 1 unspecified atom stereocenters. The summed E-state index contributed by atoms with van der Waals surface area (Å²) in [7, 11) is 1.66. The second-order valence-corrected chi connectivity index (χ2v) is 5.21. The van der Waals surface area contributed by atoms with Gasteiger partial charge < -0.3 is 15.4 Å². The molecule has 0 bridgehead atoms. The molecule has 0 spiro atoms. The molecule has 0 heterocycles. The summed E-state index contributed by atoms with van der Waals surface area (Å²) in [5, 5.41) is 0. The fraction of sp³-hybridized carbons (Fsp3) is 0.600. The maximum atomic E-state index is 14.2.